The van der Waals surface area contributed by atoms with E-state index >= 15 is 0 Å². The number of pyridine rings is 2. The SMILES string of the molecule is O=C(NCc1ccccn1)C1CCN(Cc2ccccc2-c2cccnc2)CC1. The Hall–Kier alpha value is -3.05. The van der Waals surface area contributed by atoms with Crippen LogP contribution in [-0.2, 0) is 17.9 Å². The maximum Gasteiger partial charge on any atom is 0.223 e. The molecule has 2 aromatic heterocycles. The number of rotatable bonds is 6. The summed E-state index contributed by atoms with van der Waals surface area (Å²) in [4.78, 5) is 23.5. The molecule has 1 N–H and O–H groups in total. The monoisotopic (exact) mass is 386 g/mol. The van der Waals surface area contributed by atoms with Gasteiger partial charge in [-0.1, -0.05) is 36.4 Å². The van der Waals surface area contributed by atoms with Crippen molar-refractivity contribution in [3.63, 3.8) is 0 Å². The normalized spacial score (nSPS) is 15.2. The highest BCUT2D eigenvalue weighted by Crippen LogP contribution is 2.26. The summed E-state index contributed by atoms with van der Waals surface area (Å²) in [5, 5.41) is 3.04. The average molecular weight is 386 g/mol. The van der Waals surface area contributed by atoms with Crippen LogP contribution in [0.2, 0.25) is 0 Å². The fourth-order valence-electron chi connectivity index (χ4n) is 3.88. The number of amides is 1. The number of nitrogens with zero attached hydrogens (tertiary/aromatic N) is 3. The number of likely N-dealkylation sites (tertiary alicyclic amines) is 1. The highest BCUT2D eigenvalue weighted by Gasteiger charge is 2.25. The Morgan fingerprint density at radius 2 is 1.83 bits per heavy atom. The zero-order valence-electron chi connectivity index (χ0n) is 16.5. The minimum atomic E-state index is 0.0866. The molecule has 3 heterocycles. The number of hydrogen-bond donors (Lipinski definition) is 1. The van der Waals surface area contributed by atoms with E-state index in [0.717, 1.165) is 43.7 Å². The molecular formula is C24H26N4O. The van der Waals surface area contributed by atoms with E-state index in [1.54, 1.807) is 12.4 Å². The lowest BCUT2D eigenvalue weighted by atomic mass is 9.94. The van der Waals surface area contributed by atoms with Crippen LogP contribution in [0, 0.1) is 5.92 Å². The van der Waals surface area contributed by atoms with Crippen molar-refractivity contribution in [3.05, 3.63) is 84.4 Å². The molecule has 148 valence electrons. The zero-order valence-corrected chi connectivity index (χ0v) is 16.5. The maximum absolute atomic E-state index is 12.5. The quantitative estimate of drug-likeness (QED) is 0.702. The summed E-state index contributed by atoms with van der Waals surface area (Å²) in [7, 11) is 0. The lowest BCUT2D eigenvalue weighted by Gasteiger charge is -2.31. The molecule has 29 heavy (non-hydrogen) atoms. The van der Waals surface area contributed by atoms with Crippen LogP contribution in [0.4, 0.5) is 0 Å². The first-order valence-electron chi connectivity index (χ1n) is 10.2. The van der Waals surface area contributed by atoms with Crippen molar-refractivity contribution in [2.24, 2.45) is 5.92 Å². The third kappa shape index (κ3) is 5.06. The molecule has 3 aromatic rings. The molecule has 0 atom stereocenters. The van der Waals surface area contributed by atoms with Gasteiger partial charge in [-0.3, -0.25) is 19.7 Å². The van der Waals surface area contributed by atoms with Crippen molar-refractivity contribution < 1.29 is 4.79 Å². The molecule has 0 saturated carbocycles. The second-order valence-corrected chi connectivity index (χ2v) is 7.49. The Morgan fingerprint density at radius 1 is 1.00 bits per heavy atom. The zero-order chi connectivity index (χ0) is 19.9. The van der Waals surface area contributed by atoms with Crippen molar-refractivity contribution in [2.75, 3.05) is 13.1 Å². The first-order valence-corrected chi connectivity index (χ1v) is 10.2. The second-order valence-electron chi connectivity index (χ2n) is 7.49. The first kappa shape index (κ1) is 19.3. The van der Waals surface area contributed by atoms with E-state index in [9.17, 15) is 4.79 Å². The van der Waals surface area contributed by atoms with Gasteiger partial charge in [0.15, 0.2) is 0 Å². The molecular weight excluding hydrogens is 360 g/mol. The van der Waals surface area contributed by atoms with Crippen LogP contribution >= 0.6 is 0 Å². The Kier molecular flexibility index (Phi) is 6.27. The largest absolute Gasteiger partial charge is 0.350 e. The van der Waals surface area contributed by atoms with E-state index in [0.29, 0.717) is 6.54 Å². The van der Waals surface area contributed by atoms with E-state index in [1.807, 2.05) is 30.5 Å². The van der Waals surface area contributed by atoms with Gasteiger partial charge in [-0.15, -0.1) is 0 Å². The lowest BCUT2D eigenvalue weighted by molar-refractivity contribution is -0.126. The van der Waals surface area contributed by atoms with Crippen molar-refractivity contribution in [3.8, 4) is 11.1 Å². The van der Waals surface area contributed by atoms with E-state index in [-0.39, 0.29) is 11.8 Å². The van der Waals surface area contributed by atoms with Crippen LogP contribution in [0.1, 0.15) is 24.1 Å². The topological polar surface area (TPSA) is 58.1 Å². The van der Waals surface area contributed by atoms with Crippen LogP contribution in [0.5, 0.6) is 0 Å². The van der Waals surface area contributed by atoms with Gasteiger partial charge in [-0.25, -0.2) is 0 Å². The number of piperidine rings is 1. The molecule has 1 aliphatic rings. The highest BCUT2D eigenvalue weighted by atomic mass is 16.1. The molecule has 0 aliphatic carbocycles. The Morgan fingerprint density at radius 3 is 2.59 bits per heavy atom. The molecule has 1 amide bonds. The third-order valence-corrected chi connectivity index (χ3v) is 5.51. The molecule has 5 heteroatoms. The molecule has 1 saturated heterocycles. The van der Waals surface area contributed by atoms with E-state index < -0.39 is 0 Å². The van der Waals surface area contributed by atoms with Gasteiger partial charge in [0.1, 0.15) is 0 Å². The number of aromatic nitrogens is 2. The van der Waals surface area contributed by atoms with Crippen molar-refractivity contribution >= 4 is 5.91 Å². The summed E-state index contributed by atoms with van der Waals surface area (Å²) in [6.07, 6.45) is 7.25. The number of carbonyl (C=O) groups is 1. The molecule has 0 unspecified atom stereocenters. The second kappa shape index (κ2) is 9.43. The summed E-state index contributed by atoms with van der Waals surface area (Å²) < 4.78 is 0. The highest BCUT2D eigenvalue weighted by molar-refractivity contribution is 5.78. The number of benzene rings is 1. The van der Waals surface area contributed by atoms with Crippen LogP contribution < -0.4 is 5.32 Å². The van der Waals surface area contributed by atoms with E-state index in [2.05, 4.69) is 50.5 Å². The van der Waals surface area contributed by atoms with Gasteiger partial charge in [0.2, 0.25) is 5.91 Å². The van der Waals surface area contributed by atoms with Gasteiger partial charge < -0.3 is 5.32 Å². The van der Waals surface area contributed by atoms with Crippen molar-refractivity contribution in [1.29, 1.82) is 0 Å². The summed E-state index contributed by atoms with van der Waals surface area (Å²) in [5.74, 6) is 0.231. The molecule has 5 nitrogen and oxygen atoms in total. The first-order chi connectivity index (χ1) is 14.3. The van der Waals surface area contributed by atoms with Gasteiger partial charge in [0.05, 0.1) is 12.2 Å². The smallest absolute Gasteiger partial charge is 0.223 e. The van der Waals surface area contributed by atoms with E-state index in [1.165, 1.54) is 11.1 Å². The fraction of sp³-hybridized carbons (Fsp3) is 0.292. The predicted octanol–water partition coefficient (Wildman–Crippen LogP) is 3.67. The number of nitrogens with one attached hydrogen (secondary N) is 1. The molecule has 0 bridgehead atoms. The Balaban J connectivity index is 1.31. The molecule has 1 aromatic carbocycles. The molecule has 4 rings (SSSR count). The number of hydrogen-bond acceptors (Lipinski definition) is 4. The minimum Gasteiger partial charge on any atom is -0.350 e. The van der Waals surface area contributed by atoms with Crippen LogP contribution in [-0.4, -0.2) is 33.9 Å². The lowest BCUT2D eigenvalue weighted by Crippen LogP contribution is -2.40. The van der Waals surface area contributed by atoms with Crippen molar-refractivity contribution in [2.45, 2.75) is 25.9 Å². The van der Waals surface area contributed by atoms with Gasteiger partial charge in [0, 0.05) is 36.6 Å². The maximum atomic E-state index is 12.5. The third-order valence-electron chi connectivity index (χ3n) is 5.51. The number of carbonyl (C=O) groups excluding carboxylic acids is 1. The predicted molar refractivity (Wildman–Crippen MR) is 114 cm³/mol. The summed E-state index contributed by atoms with van der Waals surface area (Å²) >= 11 is 0. The van der Waals surface area contributed by atoms with Crippen LogP contribution in [0.3, 0.4) is 0 Å². The molecule has 1 fully saturated rings. The Bertz CT molecular complexity index is 922. The molecule has 1 aliphatic heterocycles. The van der Waals surface area contributed by atoms with Crippen LogP contribution in [0.25, 0.3) is 11.1 Å². The van der Waals surface area contributed by atoms with Crippen LogP contribution in [0.15, 0.2) is 73.2 Å². The van der Waals surface area contributed by atoms with Gasteiger partial charge in [-0.05, 0) is 55.3 Å². The van der Waals surface area contributed by atoms with Gasteiger partial charge in [-0.2, -0.15) is 0 Å². The Labute approximate surface area is 171 Å². The van der Waals surface area contributed by atoms with Crippen molar-refractivity contribution in [1.82, 2.24) is 20.2 Å². The molecule has 0 radical (unpaired) electrons. The fourth-order valence-corrected chi connectivity index (χ4v) is 3.88. The average Bonchev–Trinajstić information content (AvgIpc) is 2.80. The summed E-state index contributed by atoms with van der Waals surface area (Å²) in [6, 6.07) is 18.3. The molecule has 0 spiro atoms. The minimum absolute atomic E-state index is 0.0866. The summed E-state index contributed by atoms with van der Waals surface area (Å²) in [6.45, 7) is 3.26. The van der Waals surface area contributed by atoms with Gasteiger partial charge >= 0.3 is 0 Å². The van der Waals surface area contributed by atoms with Gasteiger partial charge in [0.25, 0.3) is 0 Å². The summed E-state index contributed by atoms with van der Waals surface area (Å²) in [5.41, 5.74) is 4.58. The van der Waals surface area contributed by atoms with E-state index in [4.69, 9.17) is 0 Å². The standard InChI is InChI=1S/C24H26N4O/c29-24(27-17-22-8-3-4-13-26-22)19-10-14-28(15-11-19)18-21-6-1-2-9-23(21)20-7-5-12-25-16-20/h1-9,12-13,16,19H,10-11,14-15,17-18H2,(H,27,29).